The van der Waals surface area contributed by atoms with Crippen LogP contribution in [0.4, 0.5) is 5.69 Å². The molecule has 27 heavy (non-hydrogen) atoms. The van der Waals surface area contributed by atoms with Crippen LogP contribution in [0.3, 0.4) is 0 Å². The maximum Gasteiger partial charge on any atom is 0.255 e. The lowest BCUT2D eigenvalue weighted by Crippen LogP contribution is -2.14. The van der Waals surface area contributed by atoms with Crippen molar-refractivity contribution in [2.24, 2.45) is 5.73 Å². The Hall–Kier alpha value is -3.60. The van der Waals surface area contributed by atoms with Gasteiger partial charge in [-0.1, -0.05) is 36.4 Å². The summed E-state index contributed by atoms with van der Waals surface area (Å²) in [6.45, 7) is 0.565. The van der Waals surface area contributed by atoms with E-state index in [-0.39, 0.29) is 5.91 Å². The number of rotatable bonds is 7. The Balaban J connectivity index is 1.55. The lowest BCUT2D eigenvalue weighted by Gasteiger charge is -2.09. The highest BCUT2D eigenvalue weighted by molar-refractivity contribution is 6.05. The molecule has 0 aromatic heterocycles. The molecule has 0 heterocycles. The fourth-order valence-electron chi connectivity index (χ4n) is 2.59. The van der Waals surface area contributed by atoms with E-state index in [0.29, 0.717) is 29.2 Å². The van der Waals surface area contributed by atoms with Gasteiger partial charge in [0.2, 0.25) is 5.91 Å². The van der Waals surface area contributed by atoms with Crippen molar-refractivity contribution < 1.29 is 14.3 Å². The molecule has 0 unspecified atom stereocenters. The Labute approximate surface area is 157 Å². The van der Waals surface area contributed by atoms with Crippen molar-refractivity contribution in [3.63, 3.8) is 0 Å². The highest BCUT2D eigenvalue weighted by Crippen LogP contribution is 2.16. The molecule has 0 atom stereocenters. The Morgan fingerprint density at radius 3 is 2.30 bits per heavy atom. The molecule has 3 rings (SSSR count). The second-order valence-electron chi connectivity index (χ2n) is 6.01. The number of hydrogen-bond donors (Lipinski definition) is 2. The van der Waals surface area contributed by atoms with Crippen LogP contribution in [0.1, 0.15) is 26.3 Å². The Morgan fingerprint density at radius 2 is 1.59 bits per heavy atom. The number of amides is 2. The van der Waals surface area contributed by atoms with E-state index >= 15 is 0 Å². The van der Waals surface area contributed by atoms with Gasteiger partial charge in [0.15, 0.2) is 0 Å². The van der Waals surface area contributed by atoms with Gasteiger partial charge >= 0.3 is 0 Å². The Morgan fingerprint density at radius 1 is 0.852 bits per heavy atom. The number of hydrogen-bond acceptors (Lipinski definition) is 3. The molecule has 5 nitrogen and oxygen atoms in total. The van der Waals surface area contributed by atoms with Gasteiger partial charge in [-0.3, -0.25) is 9.59 Å². The summed E-state index contributed by atoms with van der Waals surface area (Å²) in [4.78, 5) is 23.6. The molecule has 136 valence electrons. The zero-order chi connectivity index (χ0) is 19.1. The van der Waals surface area contributed by atoms with Crippen molar-refractivity contribution in [3.8, 4) is 5.75 Å². The van der Waals surface area contributed by atoms with Crippen LogP contribution >= 0.6 is 0 Å². The van der Waals surface area contributed by atoms with Gasteiger partial charge in [-0.05, 0) is 48.0 Å². The topological polar surface area (TPSA) is 81.4 Å². The minimum atomic E-state index is -0.539. The third kappa shape index (κ3) is 5.19. The smallest absolute Gasteiger partial charge is 0.255 e. The van der Waals surface area contributed by atoms with Crippen LogP contribution in [-0.2, 0) is 6.42 Å². The number of nitrogens with two attached hydrogens (primary N) is 1. The van der Waals surface area contributed by atoms with Gasteiger partial charge in [0, 0.05) is 23.2 Å². The normalized spacial score (nSPS) is 10.2. The SMILES string of the molecule is NC(=O)c1cccc(NC(=O)c2ccc(OCCc3ccccc3)cc2)c1. The molecule has 0 bridgehead atoms. The van der Waals surface area contributed by atoms with E-state index in [9.17, 15) is 9.59 Å². The summed E-state index contributed by atoms with van der Waals surface area (Å²) in [6, 6.07) is 23.5. The fourth-order valence-corrected chi connectivity index (χ4v) is 2.59. The molecule has 0 aliphatic heterocycles. The van der Waals surface area contributed by atoms with Crippen LogP contribution in [0, 0.1) is 0 Å². The summed E-state index contributed by atoms with van der Waals surface area (Å²) in [5.41, 5.74) is 7.82. The van der Waals surface area contributed by atoms with Gasteiger partial charge in [0.25, 0.3) is 5.91 Å². The van der Waals surface area contributed by atoms with Crippen LogP contribution in [0.15, 0.2) is 78.9 Å². The number of carbonyl (C=O) groups is 2. The van der Waals surface area contributed by atoms with Crippen LogP contribution in [-0.4, -0.2) is 18.4 Å². The number of carbonyl (C=O) groups excluding carboxylic acids is 2. The lowest BCUT2D eigenvalue weighted by atomic mass is 10.1. The molecule has 0 aliphatic carbocycles. The summed E-state index contributed by atoms with van der Waals surface area (Å²) in [5, 5.41) is 2.75. The average Bonchev–Trinajstić information content (AvgIpc) is 2.69. The van der Waals surface area contributed by atoms with Crippen molar-refractivity contribution in [3.05, 3.63) is 95.6 Å². The summed E-state index contributed by atoms with van der Waals surface area (Å²) in [5.74, 6) is -0.103. The third-order valence-corrected chi connectivity index (χ3v) is 4.02. The molecule has 3 aromatic carbocycles. The molecule has 0 spiro atoms. The van der Waals surface area contributed by atoms with E-state index in [0.717, 1.165) is 6.42 Å². The van der Waals surface area contributed by atoms with Gasteiger partial charge in [-0.2, -0.15) is 0 Å². The van der Waals surface area contributed by atoms with Gasteiger partial charge in [0.1, 0.15) is 5.75 Å². The molecule has 3 aromatic rings. The minimum absolute atomic E-state index is 0.271. The van der Waals surface area contributed by atoms with Crippen molar-refractivity contribution in [1.29, 1.82) is 0 Å². The highest BCUT2D eigenvalue weighted by Gasteiger charge is 2.08. The van der Waals surface area contributed by atoms with Crippen LogP contribution in [0.25, 0.3) is 0 Å². The molecule has 5 heteroatoms. The van der Waals surface area contributed by atoms with E-state index in [2.05, 4.69) is 17.4 Å². The zero-order valence-corrected chi connectivity index (χ0v) is 14.7. The molecule has 2 amide bonds. The molecule has 3 N–H and O–H groups in total. The Bertz CT molecular complexity index is 922. The van der Waals surface area contributed by atoms with Gasteiger partial charge < -0.3 is 15.8 Å². The largest absolute Gasteiger partial charge is 0.493 e. The van der Waals surface area contributed by atoms with Crippen molar-refractivity contribution in [2.45, 2.75) is 6.42 Å². The maximum atomic E-state index is 12.3. The number of ether oxygens (including phenoxy) is 1. The van der Waals surface area contributed by atoms with Crippen LogP contribution < -0.4 is 15.8 Å². The highest BCUT2D eigenvalue weighted by atomic mass is 16.5. The number of primary amides is 1. The molecule has 0 aliphatic rings. The van der Waals surface area contributed by atoms with Crippen molar-refractivity contribution in [2.75, 3.05) is 11.9 Å². The first kappa shape index (κ1) is 18.2. The first-order valence-corrected chi connectivity index (χ1v) is 8.60. The molecule has 0 saturated carbocycles. The molecule has 0 saturated heterocycles. The molecule has 0 fully saturated rings. The second kappa shape index (κ2) is 8.67. The minimum Gasteiger partial charge on any atom is -0.493 e. The monoisotopic (exact) mass is 360 g/mol. The summed E-state index contributed by atoms with van der Waals surface area (Å²) in [6.07, 6.45) is 0.819. The summed E-state index contributed by atoms with van der Waals surface area (Å²) >= 11 is 0. The first-order valence-electron chi connectivity index (χ1n) is 8.60. The summed E-state index contributed by atoms with van der Waals surface area (Å²) < 4.78 is 5.72. The van der Waals surface area contributed by atoms with E-state index in [1.165, 1.54) is 5.56 Å². The van der Waals surface area contributed by atoms with E-state index in [1.54, 1.807) is 48.5 Å². The van der Waals surface area contributed by atoms with Crippen LogP contribution in [0.2, 0.25) is 0 Å². The summed E-state index contributed by atoms with van der Waals surface area (Å²) in [7, 11) is 0. The number of anilines is 1. The predicted octanol–water partition coefficient (Wildman–Crippen LogP) is 3.66. The molecular weight excluding hydrogens is 340 g/mol. The number of nitrogens with one attached hydrogen (secondary N) is 1. The number of benzene rings is 3. The van der Waals surface area contributed by atoms with Crippen molar-refractivity contribution >= 4 is 17.5 Å². The lowest BCUT2D eigenvalue weighted by molar-refractivity contribution is 0.0996. The second-order valence-corrected chi connectivity index (χ2v) is 6.01. The predicted molar refractivity (Wildman–Crippen MR) is 105 cm³/mol. The molecule has 0 radical (unpaired) electrons. The fraction of sp³-hybridized carbons (Fsp3) is 0.0909. The van der Waals surface area contributed by atoms with Crippen molar-refractivity contribution in [1.82, 2.24) is 0 Å². The molecular formula is C22H20N2O3. The van der Waals surface area contributed by atoms with Gasteiger partial charge in [-0.15, -0.1) is 0 Å². The van der Waals surface area contributed by atoms with Crippen LogP contribution in [0.5, 0.6) is 5.75 Å². The van der Waals surface area contributed by atoms with Gasteiger partial charge in [0.05, 0.1) is 6.61 Å². The third-order valence-electron chi connectivity index (χ3n) is 4.02. The first-order chi connectivity index (χ1) is 13.1. The zero-order valence-electron chi connectivity index (χ0n) is 14.7. The average molecular weight is 360 g/mol. The van der Waals surface area contributed by atoms with E-state index in [1.807, 2.05) is 18.2 Å². The van der Waals surface area contributed by atoms with Gasteiger partial charge in [-0.25, -0.2) is 0 Å². The van der Waals surface area contributed by atoms with E-state index in [4.69, 9.17) is 10.5 Å². The Kier molecular flexibility index (Phi) is 5.84. The standard InChI is InChI=1S/C22H20N2O3/c23-21(25)18-7-4-8-19(15-18)24-22(26)17-9-11-20(12-10-17)27-14-13-16-5-2-1-3-6-16/h1-12,15H,13-14H2,(H2,23,25)(H,24,26). The van der Waals surface area contributed by atoms with E-state index < -0.39 is 5.91 Å². The quantitative estimate of drug-likeness (QED) is 0.675. The maximum absolute atomic E-state index is 12.3.